The molecule has 1 aliphatic rings. The zero-order valence-corrected chi connectivity index (χ0v) is 11.2. The number of rotatable bonds is 2. The van der Waals surface area contributed by atoms with Crippen LogP contribution in [0.25, 0.3) is 6.08 Å². The van der Waals surface area contributed by atoms with Crippen molar-refractivity contribution in [3.63, 3.8) is 0 Å². The van der Waals surface area contributed by atoms with E-state index in [1.165, 1.54) is 6.08 Å². The maximum Gasteiger partial charge on any atom is 0.247 e. The van der Waals surface area contributed by atoms with Crippen molar-refractivity contribution in [3.8, 4) is 0 Å². The molecule has 1 unspecified atom stereocenters. The number of amides is 2. The molecule has 1 aliphatic heterocycles. The molecule has 1 aromatic carbocycles. The van der Waals surface area contributed by atoms with Crippen molar-refractivity contribution in [3.05, 3.63) is 41.5 Å². The van der Waals surface area contributed by atoms with Crippen molar-refractivity contribution in [2.24, 2.45) is 0 Å². The van der Waals surface area contributed by atoms with Crippen LogP contribution in [0, 0.1) is 6.92 Å². The zero-order valence-electron chi connectivity index (χ0n) is 11.2. The second-order valence-electron chi connectivity index (χ2n) is 4.75. The topological polar surface area (TPSA) is 49.4 Å². The molecule has 2 rings (SSSR count). The lowest BCUT2D eigenvalue weighted by Gasteiger charge is -2.31. The number of aryl methyl sites for hydroxylation is 1. The van der Waals surface area contributed by atoms with E-state index in [-0.39, 0.29) is 11.8 Å². The van der Waals surface area contributed by atoms with Crippen LogP contribution in [-0.2, 0) is 9.59 Å². The second-order valence-corrected chi connectivity index (χ2v) is 4.75. The van der Waals surface area contributed by atoms with E-state index in [0.717, 1.165) is 11.1 Å². The van der Waals surface area contributed by atoms with E-state index in [0.29, 0.717) is 13.1 Å². The minimum atomic E-state index is -0.400. The molecule has 1 atom stereocenters. The van der Waals surface area contributed by atoms with E-state index in [2.05, 4.69) is 5.32 Å². The van der Waals surface area contributed by atoms with Crippen LogP contribution in [0.15, 0.2) is 30.3 Å². The zero-order chi connectivity index (χ0) is 13.8. The average Bonchev–Trinajstić information content (AvgIpc) is 2.39. The molecule has 0 bridgehead atoms. The highest BCUT2D eigenvalue weighted by atomic mass is 16.2. The standard InChI is InChI=1S/C15H18N2O2/c1-11-4-3-5-13(10-11)6-7-14(18)17-9-8-16-15(19)12(17)2/h3-7,10,12H,8-9H2,1-2H3,(H,16,19). The van der Waals surface area contributed by atoms with E-state index < -0.39 is 6.04 Å². The van der Waals surface area contributed by atoms with Crippen LogP contribution < -0.4 is 5.32 Å². The maximum atomic E-state index is 12.1. The summed E-state index contributed by atoms with van der Waals surface area (Å²) in [5, 5.41) is 2.74. The van der Waals surface area contributed by atoms with Crippen LogP contribution in [0.4, 0.5) is 0 Å². The van der Waals surface area contributed by atoms with Gasteiger partial charge in [0.15, 0.2) is 0 Å². The molecule has 1 saturated heterocycles. The summed E-state index contributed by atoms with van der Waals surface area (Å²) in [5.41, 5.74) is 2.14. The molecule has 1 aromatic rings. The molecule has 2 amide bonds. The van der Waals surface area contributed by atoms with E-state index in [1.54, 1.807) is 17.9 Å². The van der Waals surface area contributed by atoms with E-state index >= 15 is 0 Å². The summed E-state index contributed by atoms with van der Waals surface area (Å²) in [4.78, 5) is 25.2. The molecular weight excluding hydrogens is 240 g/mol. The van der Waals surface area contributed by atoms with Gasteiger partial charge in [-0.3, -0.25) is 9.59 Å². The third-order valence-corrected chi connectivity index (χ3v) is 3.24. The summed E-state index contributed by atoms with van der Waals surface area (Å²) < 4.78 is 0. The lowest BCUT2D eigenvalue weighted by atomic mass is 10.1. The monoisotopic (exact) mass is 258 g/mol. The Labute approximate surface area is 113 Å². The second kappa shape index (κ2) is 5.69. The number of hydrogen-bond acceptors (Lipinski definition) is 2. The number of piperazine rings is 1. The normalized spacial score (nSPS) is 19.6. The summed E-state index contributed by atoms with van der Waals surface area (Å²) in [7, 11) is 0. The third-order valence-electron chi connectivity index (χ3n) is 3.24. The highest BCUT2D eigenvalue weighted by Crippen LogP contribution is 2.08. The summed E-state index contributed by atoms with van der Waals surface area (Å²) >= 11 is 0. The fraction of sp³-hybridized carbons (Fsp3) is 0.333. The Kier molecular flexibility index (Phi) is 4.00. The summed E-state index contributed by atoms with van der Waals surface area (Å²) in [6.07, 6.45) is 3.32. The smallest absolute Gasteiger partial charge is 0.247 e. The fourth-order valence-electron chi connectivity index (χ4n) is 2.12. The Morgan fingerprint density at radius 3 is 3.00 bits per heavy atom. The van der Waals surface area contributed by atoms with Crippen LogP contribution in [0.3, 0.4) is 0 Å². The number of carbonyl (C=O) groups excluding carboxylic acids is 2. The van der Waals surface area contributed by atoms with E-state index in [4.69, 9.17) is 0 Å². The summed E-state index contributed by atoms with van der Waals surface area (Å²) in [5.74, 6) is -0.215. The third kappa shape index (κ3) is 3.22. The van der Waals surface area contributed by atoms with Gasteiger partial charge in [0.25, 0.3) is 0 Å². The van der Waals surface area contributed by atoms with Gasteiger partial charge >= 0.3 is 0 Å². The lowest BCUT2D eigenvalue weighted by Crippen LogP contribution is -2.55. The van der Waals surface area contributed by atoms with Gasteiger partial charge in [-0.1, -0.05) is 29.8 Å². The van der Waals surface area contributed by atoms with E-state index in [9.17, 15) is 9.59 Å². The van der Waals surface area contributed by atoms with Crippen molar-refractivity contribution < 1.29 is 9.59 Å². The van der Waals surface area contributed by atoms with Crippen LogP contribution in [0.2, 0.25) is 0 Å². The summed E-state index contributed by atoms with van der Waals surface area (Å²) in [6, 6.07) is 7.52. The molecule has 1 N–H and O–H groups in total. The van der Waals surface area contributed by atoms with Gasteiger partial charge in [0.05, 0.1) is 0 Å². The van der Waals surface area contributed by atoms with Crippen LogP contribution in [-0.4, -0.2) is 35.8 Å². The molecule has 0 spiro atoms. The molecule has 100 valence electrons. The number of hydrogen-bond donors (Lipinski definition) is 1. The van der Waals surface area contributed by atoms with Crippen molar-refractivity contribution in [1.82, 2.24) is 10.2 Å². The maximum absolute atomic E-state index is 12.1. The molecule has 19 heavy (non-hydrogen) atoms. The SMILES string of the molecule is Cc1cccc(C=CC(=O)N2CCNC(=O)C2C)c1. The fourth-order valence-corrected chi connectivity index (χ4v) is 2.12. The molecule has 1 fully saturated rings. The number of nitrogens with zero attached hydrogens (tertiary/aromatic N) is 1. The molecule has 4 heteroatoms. The Balaban J connectivity index is 2.06. The van der Waals surface area contributed by atoms with Crippen molar-refractivity contribution >= 4 is 17.9 Å². The molecule has 0 radical (unpaired) electrons. The molecule has 0 saturated carbocycles. The molecular formula is C15H18N2O2. The van der Waals surface area contributed by atoms with Gasteiger partial charge in [0, 0.05) is 19.2 Å². The quantitative estimate of drug-likeness (QED) is 0.814. The Hall–Kier alpha value is -2.10. The number of benzene rings is 1. The van der Waals surface area contributed by atoms with Crippen molar-refractivity contribution in [2.45, 2.75) is 19.9 Å². The highest BCUT2D eigenvalue weighted by Gasteiger charge is 2.27. The predicted octanol–water partition coefficient (Wildman–Crippen LogP) is 1.36. The van der Waals surface area contributed by atoms with Crippen LogP contribution in [0.1, 0.15) is 18.1 Å². The van der Waals surface area contributed by atoms with Gasteiger partial charge in [-0.2, -0.15) is 0 Å². The van der Waals surface area contributed by atoms with E-state index in [1.807, 2.05) is 31.2 Å². The van der Waals surface area contributed by atoms with Gasteiger partial charge in [-0.05, 0) is 25.5 Å². The minimum absolute atomic E-state index is 0.0939. The predicted molar refractivity (Wildman–Crippen MR) is 74.4 cm³/mol. The van der Waals surface area contributed by atoms with Crippen LogP contribution >= 0.6 is 0 Å². The van der Waals surface area contributed by atoms with Gasteiger partial charge in [-0.25, -0.2) is 0 Å². The van der Waals surface area contributed by atoms with Crippen molar-refractivity contribution in [2.75, 3.05) is 13.1 Å². The molecule has 0 aliphatic carbocycles. The largest absolute Gasteiger partial charge is 0.353 e. The van der Waals surface area contributed by atoms with Gasteiger partial charge in [0.2, 0.25) is 11.8 Å². The first-order valence-electron chi connectivity index (χ1n) is 6.41. The Morgan fingerprint density at radius 2 is 2.26 bits per heavy atom. The first-order valence-corrected chi connectivity index (χ1v) is 6.41. The first kappa shape index (κ1) is 13.3. The van der Waals surface area contributed by atoms with Gasteiger partial charge < -0.3 is 10.2 Å². The number of nitrogens with one attached hydrogen (secondary N) is 1. The molecule has 4 nitrogen and oxygen atoms in total. The van der Waals surface area contributed by atoms with Gasteiger partial charge in [0.1, 0.15) is 6.04 Å². The first-order chi connectivity index (χ1) is 9.08. The molecule has 1 heterocycles. The average molecular weight is 258 g/mol. The van der Waals surface area contributed by atoms with Crippen LogP contribution in [0.5, 0.6) is 0 Å². The van der Waals surface area contributed by atoms with Gasteiger partial charge in [-0.15, -0.1) is 0 Å². The number of carbonyl (C=O) groups is 2. The molecule has 0 aromatic heterocycles. The highest BCUT2D eigenvalue weighted by molar-refractivity contribution is 5.96. The Bertz CT molecular complexity index is 523. The Morgan fingerprint density at radius 1 is 1.47 bits per heavy atom. The minimum Gasteiger partial charge on any atom is -0.353 e. The summed E-state index contributed by atoms with van der Waals surface area (Å²) in [6.45, 7) is 4.83. The van der Waals surface area contributed by atoms with Crippen molar-refractivity contribution in [1.29, 1.82) is 0 Å². The lowest BCUT2D eigenvalue weighted by molar-refractivity contribution is -0.139.